The van der Waals surface area contributed by atoms with E-state index >= 15 is 8.78 Å². The number of amides is 2. The molecule has 50 heavy (non-hydrogen) atoms. The minimum absolute atomic E-state index is 0.151. The Kier molecular flexibility index (Phi) is 10.3. The summed E-state index contributed by atoms with van der Waals surface area (Å²) in [6.07, 6.45) is 5.54. The normalized spacial score (nSPS) is 19.3. The van der Waals surface area contributed by atoms with Crippen LogP contribution in [0, 0.1) is 5.82 Å². The smallest absolute Gasteiger partial charge is 0.275 e. The lowest BCUT2D eigenvalue weighted by Gasteiger charge is -2.39. The number of hydrogen-bond donors (Lipinski definition) is 4. The Morgan fingerprint density at radius 3 is 2.66 bits per heavy atom. The van der Waals surface area contributed by atoms with E-state index in [9.17, 15) is 18.8 Å². The number of likely N-dealkylation sites (tertiary alicyclic amines) is 1. The second-order valence-corrected chi connectivity index (χ2v) is 13.0. The summed E-state index contributed by atoms with van der Waals surface area (Å²) in [6.45, 7) is 0.420. The van der Waals surface area contributed by atoms with Gasteiger partial charge in [-0.05, 0) is 60.2 Å². The summed E-state index contributed by atoms with van der Waals surface area (Å²) in [6, 6.07) is 7.95. The number of carbonyl (C=O) groups excluding carboxylic acids is 2. The number of fused-ring (bicyclic) bond motifs is 1. The highest BCUT2D eigenvalue weighted by atomic mass is 35.5. The molecule has 0 spiro atoms. The number of imide groups is 1. The molecule has 2 atom stereocenters. The molecule has 4 heterocycles. The van der Waals surface area contributed by atoms with E-state index in [0.717, 1.165) is 5.56 Å². The van der Waals surface area contributed by atoms with Gasteiger partial charge in [-0.25, -0.2) is 13.2 Å². The SMILES string of the molecule is COc1cc(-c2cn(C)c(=O)c3cnccc23)cc(Cl)c1CN1CC[C@H](NCCNc2ccc(N[C@H]3CCC(=O)NC3=O)cc2F)C(F)(F)C1. The highest BCUT2D eigenvalue weighted by Gasteiger charge is 2.44. The molecule has 2 aromatic carbocycles. The van der Waals surface area contributed by atoms with Crippen LogP contribution in [0.4, 0.5) is 24.5 Å². The number of carbonyl (C=O) groups is 2. The molecule has 2 amide bonds. The van der Waals surface area contributed by atoms with Gasteiger partial charge in [0.25, 0.3) is 11.5 Å². The summed E-state index contributed by atoms with van der Waals surface area (Å²) in [7, 11) is 3.16. The van der Waals surface area contributed by atoms with Crippen LogP contribution in [0.2, 0.25) is 5.02 Å². The quantitative estimate of drug-likeness (QED) is 0.131. The van der Waals surface area contributed by atoms with Crippen LogP contribution < -0.4 is 31.6 Å². The molecular formula is C35H37ClF3N7O4. The maximum atomic E-state index is 15.4. The van der Waals surface area contributed by atoms with Gasteiger partial charge in [-0.15, -0.1) is 0 Å². The number of pyridine rings is 2. The number of halogens is 4. The van der Waals surface area contributed by atoms with E-state index in [4.69, 9.17) is 16.3 Å². The van der Waals surface area contributed by atoms with Crippen molar-refractivity contribution < 1.29 is 27.5 Å². The Bertz CT molecular complexity index is 1990. The van der Waals surface area contributed by atoms with Crippen molar-refractivity contribution >= 4 is 45.6 Å². The second kappa shape index (κ2) is 14.7. The molecule has 0 aliphatic carbocycles. The van der Waals surface area contributed by atoms with Crippen LogP contribution in [-0.4, -0.2) is 77.6 Å². The first-order valence-electron chi connectivity index (χ1n) is 16.2. The van der Waals surface area contributed by atoms with Gasteiger partial charge < -0.3 is 25.3 Å². The van der Waals surface area contributed by atoms with Crippen LogP contribution in [0.1, 0.15) is 24.8 Å². The summed E-state index contributed by atoms with van der Waals surface area (Å²) >= 11 is 6.76. The number of rotatable bonds is 11. The fourth-order valence-corrected chi connectivity index (χ4v) is 6.76. The standard InChI is InChI=1S/C35H37ClF3N7O4/c1-45-17-24(22-7-9-40-16-23(22)34(45)49)20-13-26(36)25(30(14-20)50-2)18-46-12-8-31(35(38,39)19-46)42-11-10-41-28-4-3-21(15-27(28)37)43-29-5-6-32(47)44-33(29)48/h3-4,7,9,13-17,29,31,41-43H,5-6,8,10-12,18-19H2,1-2H3,(H,44,47,48)/t29-,31-/m0/s1. The number of nitrogens with zero attached hydrogens (tertiary/aromatic N) is 3. The van der Waals surface area contributed by atoms with Gasteiger partial charge in [-0.1, -0.05) is 11.6 Å². The third-order valence-electron chi connectivity index (χ3n) is 9.11. The maximum Gasteiger partial charge on any atom is 0.275 e. The van der Waals surface area contributed by atoms with E-state index in [1.165, 1.54) is 30.0 Å². The zero-order valence-electron chi connectivity index (χ0n) is 27.5. The topological polar surface area (TPSA) is 130 Å². The fourth-order valence-electron chi connectivity index (χ4n) is 6.49. The fraction of sp³-hybridized carbons (Fsp3) is 0.371. The van der Waals surface area contributed by atoms with Gasteiger partial charge in [-0.2, -0.15) is 0 Å². The van der Waals surface area contributed by atoms with Crippen molar-refractivity contribution in [3.63, 3.8) is 0 Å². The maximum absolute atomic E-state index is 15.4. The minimum Gasteiger partial charge on any atom is -0.496 e. The van der Waals surface area contributed by atoms with E-state index in [1.807, 2.05) is 0 Å². The van der Waals surface area contributed by atoms with Gasteiger partial charge in [0.05, 0.1) is 30.8 Å². The third-order valence-corrected chi connectivity index (χ3v) is 9.45. The van der Waals surface area contributed by atoms with Crippen molar-refractivity contribution in [3.8, 4) is 16.9 Å². The number of ether oxygens (including phenoxy) is 1. The number of methoxy groups -OCH3 is 1. The molecule has 0 saturated carbocycles. The van der Waals surface area contributed by atoms with Gasteiger partial charge in [0.1, 0.15) is 17.6 Å². The van der Waals surface area contributed by atoms with Gasteiger partial charge >= 0.3 is 0 Å². The molecule has 2 fully saturated rings. The molecule has 264 valence electrons. The zero-order valence-corrected chi connectivity index (χ0v) is 28.3. The average Bonchev–Trinajstić information content (AvgIpc) is 3.08. The predicted octanol–water partition coefficient (Wildman–Crippen LogP) is 4.53. The van der Waals surface area contributed by atoms with Crippen LogP contribution in [-0.2, 0) is 23.2 Å². The number of piperidine rings is 2. The van der Waals surface area contributed by atoms with Crippen molar-refractivity contribution in [3.05, 3.63) is 81.7 Å². The molecule has 2 aliphatic heterocycles. The number of anilines is 2. The first-order valence-corrected chi connectivity index (χ1v) is 16.6. The highest BCUT2D eigenvalue weighted by molar-refractivity contribution is 6.32. The molecule has 0 unspecified atom stereocenters. The van der Waals surface area contributed by atoms with Crippen molar-refractivity contribution in [1.29, 1.82) is 0 Å². The van der Waals surface area contributed by atoms with E-state index in [2.05, 4.69) is 26.3 Å². The number of hydrogen-bond acceptors (Lipinski definition) is 9. The zero-order chi connectivity index (χ0) is 35.6. The van der Waals surface area contributed by atoms with Crippen LogP contribution in [0.3, 0.4) is 0 Å². The van der Waals surface area contributed by atoms with Crippen LogP contribution in [0.25, 0.3) is 21.9 Å². The Balaban J connectivity index is 1.04. The summed E-state index contributed by atoms with van der Waals surface area (Å²) in [4.78, 5) is 41.7. The third kappa shape index (κ3) is 7.57. The number of nitrogens with one attached hydrogen (secondary N) is 4. The molecule has 0 bridgehead atoms. The Hall–Kier alpha value is -4.66. The first-order chi connectivity index (χ1) is 23.9. The Morgan fingerprint density at radius 1 is 1.10 bits per heavy atom. The second-order valence-electron chi connectivity index (χ2n) is 12.6. The van der Waals surface area contributed by atoms with E-state index in [-0.39, 0.29) is 49.6 Å². The van der Waals surface area contributed by atoms with Crippen molar-refractivity contribution in [2.45, 2.75) is 43.8 Å². The van der Waals surface area contributed by atoms with E-state index < -0.39 is 36.3 Å². The lowest BCUT2D eigenvalue weighted by molar-refractivity contribution is -0.133. The summed E-state index contributed by atoms with van der Waals surface area (Å²) in [5, 5.41) is 12.5. The number of aryl methyl sites for hydroxylation is 1. The lowest BCUT2D eigenvalue weighted by atomic mass is 9.98. The van der Waals surface area contributed by atoms with Gasteiger partial charge in [0, 0.05) is 80.1 Å². The number of alkyl halides is 2. The molecule has 15 heteroatoms. The first kappa shape index (κ1) is 35.2. The van der Waals surface area contributed by atoms with Crippen LogP contribution in [0.15, 0.2) is 59.8 Å². The van der Waals surface area contributed by atoms with Gasteiger partial charge in [0.15, 0.2) is 0 Å². The summed E-state index contributed by atoms with van der Waals surface area (Å²) in [5.74, 6) is -3.96. The lowest BCUT2D eigenvalue weighted by Crippen LogP contribution is -2.57. The van der Waals surface area contributed by atoms with Crippen molar-refractivity contribution in [2.24, 2.45) is 7.05 Å². The van der Waals surface area contributed by atoms with E-state index in [1.54, 1.807) is 48.6 Å². The molecule has 6 rings (SSSR count). The molecule has 11 nitrogen and oxygen atoms in total. The molecule has 0 radical (unpaired) electrons. The van der Waals surface area contributed by atoms with Gasteiger partial charge in [-0.3, -0.25) is 29.6 Å². The minimum atomic E-state index is -3.05. The predicted molar refractivity (Wildman–Crippen MR) is 185 cm³/mol. The molecule has 2 aliphatic rings. The largest absolute Gasteiger partial charge is 0.496 e. The van der Waals surface area contributed by atoms with Crippen LogP contribution in [0.5, 0.6) is 5.75 Å². The molecule has 4 aromatic rings. The monoisotopic (exact) mass is 711 g/mol. The van der Waals surface area contributed by atoms with E-state index in [0.29, 0.717) is 51.3 Å². The summed E-state index contributed by atoms with van der Waals surface area (Å²) < 4.78 is 52.6. The van der Waals surface area contributed by atoms with Gasteiger partial charge in [0.2, 0.25) is 11.8 Å². The summed E-state index contributed by atoms with van der Waals surface area (Å²) in [5.41, 5.74) is 2.46. The number of aromatic nitrogens is 2. The average molecular weight is 712 g/mol. The van der Waals surface area contributed by atoms with Crippen LogP contribution >= 0.6 is 11.6 Å². The Morgan fingerprint density at radius 2 is 1.92 bits per heavy atom. The Labute approximate surface area is 291 Å². The molecule has 2 saturated heterocycles. The molecule has 4 N–H and O–H groups in total. The van der Waals surface area contributed by atoms with Crippen molar-refractivity contribution in [1.82, 2.24) is 25.1 Å². The number of benzene rings is 2. The van der Waals surface area contributed by atoms with Crippen molar-refractivity contribution in [2.75, 3.05) is 43.9 Å². The molecule has 2 aromatic heterocycles. The molecular weight excluding hydrogens is 675 g/mol. The highest BCUT2D eigenvalue weighted by Crippen LogP contribution is 2.38.